The van der Waals surface area contributed by atoms with Crippen molar-refractivity contribution in [1.82, 2.24) is 14.8 Å². The summed E-state index contributed by atoms with van der Waals surface area (Å²) in [6.45, 7) is 0.869. The van der Waals surface area contributed by atoms with Crippen LogP contribution in [0.15, 0.2) is 42.7 Å². The molecule has 2 aliphatic heterocycles. The van der Waals surface area contributed by atoms with Crippen LogP contribution in [0.2, 0.25) is 5.02 Å². The molecule has 0 radical (unpaired) electrons. The van der Waals surface area contributed by atoms with E-state index in [1.807, 2.05) is 12.1 Å². The summed E-state index contributed by atoms with van der Waals surface area (Å²) >= 11 is 10.0. The number of benzene rings is 1. The first kappa shape index (κ1) is 14.5. The third-order valence-corrected chi connectivity index (χ3v) is 4.97. The Morgan fingerprint density at radius 2 is 1.96 bits per heavy atom. The van der Waals surface area contributed by atoms with Crippen molar-refractivity contribution < 1.29 is 9.59 Å². The zero-order valence-corrected chi connectivity index (χ0v) is 13.6. The van der Waals surface area contributed by atoms with Crippen LogP contribution in [0, 0.1) is 0 Å². The number of fused-ring (bicyclic) bond motifs is 3. The monoisotopic (exact) mass is 345 g/mol. The molecule has 0 saturated carbocycles. The van der Waals surface area contributed by atoms with Gasteiger partial charge in [0, 0.05) is 41.6 Å². The summed E-state index contributed by atoms with van der Waals surface area (Å²) in [6.07, 6.45) is 3.23. The molecule has 116 valence electrons. The Balaban J connectivity index is 2.05. The second kappa shape index (κ2) is 4.97. The highest BCUT2D eigenvalue weighted by Gasteiger charge is 2.59. The smallest absolute Gasteiger partial charge is 0.281 e. The predicted octanol–water partition coefficient (Wildman–Crippen LogP) is 2.76. The first-order valence-electron chi connectivity index (χ1n) is 7.10. The van der Waals surface area contributed by atoms with Gasteiger partial charge in [0.1, 0.15) is 0 Å². The fourth-order valence-electron chi connectivity index (χ4n) is 3.60. The predicted molar refractivity (Wildman–Crippen MR) is 88.6 cm³/mol. The Hall–Kier alpha value is -2.05. The third-order valence-electron chi connectivity index (χ3n) is 4.48. The minimum Gasteiger partial charge on any atom is -0.306 e. The summed E-state index contributed by atoms with van der Waals surface area (Å²) in [5.41, 5.74) is 1.06. The van der Waals surface area contributed by atoms with Gasteiger partial charge in [-0.3, -0.25) is 14.6 Å². The molecule has 7 heteroatoms. The highest BCUT2D eigenvalue weighted by atomic mass is 35.5. The van der Waals surface area contributed by atoms with Gasteiger partial charge >= 0.3 is 0 Å². The Morgan fingerprint density at radius 3 is 2.65 bits per heavy atom. The highest BCUT2D eigenvalue weighted by molar-refractivity contribution is 7.96. The van der Waals surface area contributed by atoms with Crippen molar-refractivity contribution >= 4 is 35.4 Å². The van der Waals surface area contributed by atoms with E-state index in [-0.39, 0.29) is 11.1 Å². The van der Waals surface area contributed by atoms with E-state index in [0.717, 1.165) is 5.56 Å². The molecule has 5 nitrogen and oxygen atoms in total. The molecule has 2 aromatic rings. The lowest BCUT2D eigenvalue weighted by atomic mass is 9.91. The van der Waals surface area contributed by atoms with Gasteiger partial charge < -0.3 is 9.80 Å². The lowest BCUT2D eigenvalue weighted by Gasteiger charge is -2.39. The topological polar surface area (TPSA) is 53.5 Å². The molecule has 0 N–H and O–H groups in total. The van der Waals surface area contributed by atoms with Crippen molar-refractivity contribution in [2.45, 2.75) is 5.66 Å². The summed E-state index contributed by atoms with van der Waals surface area (Å²) in [7, 11) is 0. The van der Waals surface area contributed by atoms with Gasteiger partial charge in [-0.1, -0.05) is 36.4 Å². The maximum Gasteiger partial charge on any atom is 0.281 e. The Bertz CT molecular complexity index is 822. The molecule has 1 saturated heterocycles. The number of hydrogen-bond acceptors (Lipinski definition) is 3. The zero-order chi connectivity index (χ0) is 16.2. The van der Waals surface area contributed by atoms with Crippen molar-refractivity contribution in [3.05, 3.63) is 64.4 Å². The second-order valence-electron chi connectivity index (χ2n) is 5.49. The van der Waals surface area contributed by atoms with Crippen LogP contribution in [0.3, 0.4) is 0 Å². The summed E-state index contributed by atoms with van der Waals surface area (Å²) in [4.78, 5) is 32.4. The number of carbonyl (C=O) groups excluding carboxylic acids is 2. The first-order valence-corrected chi connectivity index (χ1v) is 7.92. The van der Waals surface area contributed by atoms with E-state index in [1.54, 1.807) is 40.4 Å². The maximum absolute atomic E-state index is 12.8. The quantitative estimate of drug-likeness (QED) is 0.809. The van der Waals surface area contributed by atoms with Gasteiger partial charge in [0.15, 0.2) is 5.66 Å². The zero-order valence-electron chi connectivity index (χ0n) is 11.9. The largest absolute Gasteiger partial charge is 0.306 e. The van der Waals surface area contributed by atoms with Crippen molar-refractivity contribution in [2.24, 2.45) is 0 Å². The molecule has 4 rings (SSSR count). The molecule has 1 aromatic carbocycles. The summed E-state index contributed by atoms with van der Waals surface area (Å²) in [6, 6.07) is 8.86. The molecule has 0 bridgehead atoms. The van der Waals surface area contributed by atoms with Crippen LogP contribution in [0.5, 0.6) is 0 Å². The maximum atomic E-state index is 12.8. The molecule has 0 spiro atoms. The van der Waals surface area contributed by atoms with Crippen LogP contribution in [0.1, 0.15) is 21.5 Å². The number of halogens is 1. The van der Waals surface area contributed by atoms with E-state index in [0.29, 0.717) is 29.2 Å². The summed E-state index contributed by atoms with van der Waals surface area (Å²) in [5.74, 6) is -0.102. The van der Waals surface area contributed by atoms with E-state index in [2.05, 4.69) is 17.6 Å². The fraction of sp³-hybridized carbons (Fsp3) is 0.188. The average molecular weight is 346 g/mol. The van der Waals surface area contributed by atoms with Gasteiger partial charge in [0.25, 0.3) is 11.1 Å². The number of aromatic nitrogens is 1. The van der Waals surface area contributed by atoms with Crippen LogP contribution < -0.4 is 0 Å². The lowest BCUT2D eigenvalue weighted by molar-refractivity contribution is 0.0571. The third kappa shape index (κ3) is 1.79. The SMILES string of the molecule is O=C(S)N1CCN2C(=O)c3ccncc3C12c1ccc(Cl)cc1. The Kier molecular flexibility index (Phi) is 3.14. The highest BCUT2D eigenvalue weighted by Crippen LogP contribution is 2.49. The van der Waals surface area contributed by atoms with Crippen LogP contribution >= 0.6 is 24.2 Å². The molecular weight excluding hydrogens is 334 g/mol. The minimum absolute atomic E-state index is 0.102. The molecule has 1 aromatic heterocycles. The molecule has 0 aliphatic carbocycles. The standard InChI is InChI=1S/C16H12ClN3O2S/c17-11-3-1-10(2-4-11)16-13-9-18-6-5-12(13)14(21)19(16)7-8-20(16)15(22)23/h1-6,9H,7-8H2,(H,22,23). The molecule has 3 heterocycles. The number of carbonyl (C=O) groups is 2. The van der Waals surface area contributed by atoms with Crippen molar-refractivity contribution in [2.75, 3.05) is 13.1 Å². The minimum atomic E-state index is -0.996. The van der Waals surface area contributed by atoms with Crippen LogP contribution in [-0.4, -0.2) is 39.0 Å². The second-order valence-corrected chi connectivity index (χ2v) is 6.31. The van der Waals surface area contributed by atoms with Gasteiger partial charge in [-0.05, 0) is 18.2 Å². The molecule has 23 heavy (non-hydrogen) atoms. The molecule has 1 unspecified atom stereocenters. The number of hydrogen-bond donors (Lipinski definition) is 1. The Labute approximate surface area is 143 Å². The van der Waals surface area contributed by atoms with Crippen molar-refractivity contribution in [3.8, 4) is 0 Å². The number of rotatable bonds is 1. The van der Waals surface area contributed by atoms with Gasteiger partial charge in [0.2, 0.25) is 0 Å². The van der Waals surface area contributed by atoms with Crippen LogP contribution in [0.4, 0.5) is 4.79 Å². The van der Waals surface area contributed by atoms with E-state index in [1.165, 1.54) is 0 Å². The number of pyridine rings is 1. The lowest BCUT2D eigenvalue weighted by Crippen LogP contribution is -2.50. The molecular formula is C16H12ClN3O2S. The summed E-state index contributed by atoms with van der Waals surface area (Å²) in [5, 5.41) is 0.209. The van der Waals surface area contributed by atoms with Crippen molar-refractivity contribution in [1.29, 1.82) is 0 Å². The van der Waals surface area contributed by atoms with E-state index in [9.17, 15) is 9.59 Å². The van der Waals surface area contributed by atoms with Crippen LogP contribution in [0.25, 0.3) is 0 Å². The van der Waals surface area contributed by atoms with E-state index in [4.69, 9.17) is 11.6 Å². The molecule has 2 amide bonds. The normalized spacial score (nSPS) is 22.3. The van der Waals surface area contributed by atoms with Crippen molar-refractivity contribution in [3.63, 3.8) is 0 Å². The van der Waals surface area contributed by atoms with Gasteiger partial charge in [0.05, 0.1) is 5.56 Å². The van der Waals surface area contributed by atoms with Gasteiger partial charge in [-0.25, -0.2) is 0 Å². The molecule has 1 atom stereocenters. The van der Waals surface area contributed by atoms with Crippen LogP contribution in [-0.2, 0) is 5.66 Å². The summed E-state index contributed by atoms with van der Waals surface area (Å²) < 4.78 is 0. The number of thiol groups is 1. The Morgan fingerprint density at radius 1 is 1.22 bits per heavy atom. The average Bonchev–Trinajstić information content (AvgIpc) is 3.05. The molecule has 1 fully saturated rings. The van der Waals surface area contributed by atoms with E-state index >= 15 is 0 Å². The number of nitrogens with zero attached hydrogens (tertiary/aromatic N) is 3. The first-order chi connectivity index (χ1) is 11.1. The molecule has 2 aliphatic rings. The van der Waals surface area contributed by atoms with Gasteiger partial charge in [-0.15, -0.1) is 0 Å². The fourth-order valence-corrected chi connectivity index (χ4v) is 3.97. The number of amides is 2. The van der Waals surface area contributed by atoms with E-state index < -0.39 is 5.66 Å². The van der Waals surface area contributed by atoms with Gasteiger partial charge in [-0.2, -0.15) is 0 Å².